The van der Waals surface area contributed by atoms with Gasteiger partial charge in [0.05, 0.1) is 5.75 Å². The van der Waals surface area contributed by atoms with Crippen molar-refractivity contribution >= 4 is 10.0 Å². The molecule has 0 amide bonds. The van der Waals surface area contributed by atoms with Gasteiger partial charge in [0, 0.05) is 24.7 Å². The molecule has 3 rings (SSSR count). The summed E-state index contributed by atoms with van der Waals surface area (Å²) in [6.07, 6.45) is -2.36. The lowest BCUT2D eigenvalue weighted by Crippen LogP contribution is -2.27. The molecule has 0 bridgehead atoms. The normalized spacial score (nSPS) is 15.3. The predicted molar refractivity (Wildman–Crippen MR) is 90.9 cm³/mol. The van der Waals surface area contributed by atoms with Crippen molar-refractivity contribution in [1.29, 1.82) is 0 Å². The third kappa shape index (κ3) is 5.07. The first-order valence-corrected chi connectivity index (χ1v) is 10.1. The first kappa shape index (κ1) is 18.9. The fraction of sp³-hybridized carbons (Fsp3) is 0.471. The maximum Gasteiger partial charge on any atom is 0.435 e. The van der Waals surface area contributed by atoms with E-state index in [9.17, 15) is 21.6 Å². The largest absolute Gasteiger partial charge is 0.435 e. The van der Waals surface area contributed by atoms with Crippen LogP contribution in [0, 0.1) is 0 Å². The molecule has 0 radical (unpaired) electrons. The first-order valence-electron chi connectivity index (χ1n) is 8.41. The van der Waals surface area contributed by atoms with Gasteiger partial charge < -0.3 is 0 Å². The molecule has 1 heterocycles. The van der Waals surface area contributed by atoms with Crippen molar-refractivity contribution in [2.45, 2.75) is 43.7 Å². The molecule has 9 heteroatoms. The molecule has 0 unspecified atom stereocenters. The van der Waals surface area contributed by atoms with Crippen LogP contribution in [0.1, 0.15) is 42.1 Å². The number of hydrogen-bond donors (Lipinski definition) is 1. The highest BCUT2D eigenvalue weighted by molar-refractivity contribution is 7.88. The third-order valence-corrected chi connectivity index (χ3v) is 5.52. The molecule has 1 aromatic heterocycles. The smallest absolute Gasteiger partial charge is 0.269 e. The number of alkyl halides is 3. The van der Waals surface area contributed by atoms with Gasteiger partial charge in [0.25, 0.3) is 0 Å². The summed E-state index contributed by atoms with van der Waals surface area (Å²) >= 11 is 0. The van der Waals surface area contributed by atoms with Crippen LogP contribution in [0.3, 0.4) is 0 Å². The zero-order valence-corrected chi connectivity index (χ0v) is 14.9. The number of aromatic nitrogens is 2. The molecule has 1 N–H and O–H groups in total. The van der Waals surface area contributed by atoms with E-state index in [0.29, 0.717) is 17.7 Å². The number of sulfonamides is 1. The van der Waals surface area contributed by atoms with E-state index < -0.39 is 21.9 Å². The van der Waals surface area contributed by atoms with Crippen LogP contribution in [0.5, 0.6) is 0 Å². The number of benzene rings is 1. The number of nitrogens with zero attached hydrogens (tertiary/aromatic N) is 2. The quantitative estimate of drug-likeness (QED) is 0.707. The van der Waals surface area contributed by atoms with E-state index >= 15 is 0 Å². The molecule has 1 aliphatic carbocycles. The number of halogens is 3. The Kier molecular flexibility index (Phi) is 5.38. The second-order valence-electron chi connectivity index (χ2n) is 6.44. The van der Waals surface area contributed by atoms with Gasteiger partial charge in [-0.25, -0.2) is 13.1 Å². The van der Waals surface area contributed by atoms with E-state index in [1.54, 1.807) is 30.3 Å². The highest BCUT2D eigenvalue weighted by atomic mass is 32.2. The van der Waals surface area contributed by atoms with E-state index in [-0.39, 0.29) is 24.8 Å². The molecule has 0 aliphatic heterocycles. The van der Waals surface area contributed by atoms with Crippen molar-refractivity contribution in [3.63, 3.8) is 0 Å². The fourth-order valence-corrected chi connectivity index (χ4v) is 3.95. The summed E-state index contributed by atoms with van der Waals surface area (Å²) in [5.41, 5.74) is 0.381. The minimum atomic E-state index is -4.47. The summed E-state index contributed by atoms with van der Waals surface area (Å²) < 4.78 is 66.5. The minimum absolute atomic E-state index is 0.124. The lowest BCUT2D eigenvalue weighted by Gasteiger charge is -2.09. The average Bonchev–Trinajstić information content (AvgIpc) is 3.30. The summed E-state index contributed by atoms with van der Waals surface area (Å²) in [7, 11) is -3.48. The molecule has 1 saturated carbocycles. The van der Waals surface area contributed by atoms with E-state index in [1.165, 1.54) is 4.68 Å². The molecular formula is C17H20F3N3O2S. The zero-order valence-electron chi connectivity index (χ0n) is 14.0. The van der Waals surface area contributed by atoms with Gasteiger partial charge in [0.2, 0.25) is 10.0 Å². The Morgan fingerprint density at radius 2 is 1.88 bits per heavy atom. The topological polar surface area (TPSA) is 64.0 Å². The summed E-state index contributed by atoms with van der Waals surface area (Å²) in [4.78, 5) is 0. The Hall–Kier alpha value is -1.87. The van der Waals surface area contributed by atoms with Crippen LogP contribution >= 0.6 is 0 Å². The van der Waals surface area contributed by atoms with Gasteiger partial charge in [-0.05, 0) is 30.9 Å². The standard InChI is InChI=1S/C17H20F3N3O2S/c18-17(19,20)16-11-15(14-7-8-14)23(22-16)10-4-9-21-26(24,25)12-13-5-2-1-3-6-13/h1-3,5-6,11,14,21H,4,7-10,12H2. The second-order valence-corrected chi connectivity index (χ2v) is 8.25. The number of aryl methyl sites for hydroxylation is 1. The number of nitrogens with one attached hydrogen (secondary N) is 1. The molecule has 2 aromatic rings. The van der Waals surface area contributed by atoms with Gasteiger partial charge in [-0.1, -0.05) is 30.3 Å². The highest BCUT2D eigenvalue weighted by Gasteiger charge is 2.37. The Morgan fingerprint density at radius 3 is 2.50 bits per heavy atom. The molecule has 5 nitrogen and oxygen atoms in total. The molecular weight excluding hydrogens is 367 g/mol. The van der Waals surface area contributed by atoms with Crippen molar-refractivity contribution in [1.82, 2.24) is 14.5 Å². The van der Waals surface area contributed by atoms with Crippen LogP contribution in [0.4, 0.5) is 13.2 Å². The van der Waals surface area contributed by atoms with Crippen LogP contribution < -0.4 is 4.72 Å². The SMILES string of the molecule is O=S(=O)(Cc1ccccc1)NCCCn1nc(C(F)(F)F)cc1C1CC1. The second kappa shape index (κ2) is 7.40. The molecule has 142 valence electrons. The Labute approximate surface area is 150 Å². The zero-order chi connectivity index (χ0) is 18.8. The van der Waals surface area contributed by atoms with Gasteiger partial charge in [0.1, 0.15) is 0 Å². The first-order chi connectivity index (χ1) is 12.2. The van der Waals surface area contributed by atoms with E-state index in [1.807, 2.05) is 0 Å². The summed E-state index contributed by atoms with van der Waals surface area (Å²) in [5.74, 6) is 0.00890. The van der Waals surface area contributed by atoms with Crippen LogP contribution in [0.2, 0.25) is 0 Å². The van der Waals surface area contributed by atoms with Crippen molar-refractivity contribution in [2.75, 3.05) is 6.54 Å². The summed E-state index contributed by atoms with van der Waals surface area (Å²) in [6, 6.07) is 9.89. The van der Waals surface area contributed by atoms with E-state index in [0.717, 1.165) is 18.9 Å². The number of hydrogen-bond acceptors (Lipinski definition) is 3. The van der Waals surface area contributed by atoms with Crippen molar-refractivity contribution in [3.8, 4) is 0 Å². The molecule has 1 fully saturated rings. The molecule has 0 atom stereocenters. The molecule has 0 spiro atoms. The van der Waals surface area contributed by atoms with Crippen LogP contribution in [-0.4, -0.2) is 24.7 Å². The average molecular weight is 387 g/mol. The van der Waals surface area contributed by atoms with E-state index in [4.69, 9.17) is 0 Å². The Morgan fingerprint density at radius 1 is 1.19 bits per heavy atom. The van der Waals surface area contributed by atoms with Crippen LogP contribution in [-0.2, 0) is 28.5 Å². The third-order valence-electron chi connectivity index (χ3n) is 4.17. The summed E-state index contributed by atoms with van der Waals surface area (Å²) in [5, 5.41) is 3.66. The Bertz CT molecular complexity index is 844. The maximum absolute atomic E-state index is 12.8. The fourth-order valence-electron chi connectivity index (χ4n) is 2.76. The van der Waals surface area contributed by atoms with Crippen LogP contribution in [0.15, 0.2) is 36.4 Å². The maximum atomic E-state index is 12.8. The highest BCUT2D eigenvalue weighted by Crippen LogP contribution is 2.42. The molecule has 1 aromatic carbocycles. The molecule has 0 saturated heterocycles. The van der Waals surface area contributed by atoms with Crippen molar-refractivity contribution < 1.29 is 21.6 Å². The van der Waals surface area contributed by atoms with Crippen molar-refractivity contribution in [2.24, 2.45) is 0 Å². The van der Waals surface area contributed by atoms with E-state index in [2.05, 4.69) is 9.82 Å². The van der Waals surface area contributed by atoms with Crippen molar-refractivity contribution in [3.05, 3.63) is 53.3 Å². The van der Waals surface area contributed by atoms with Gasteiger partial charge in [0.15, 0.2) is 5.69 Å². The molecule has 26 heavy (non-hydrogen) atoms. The Balaban J connectivity index is 1.54. The van der Waals surface area contributed by atoms with Gasteiger partial charge in [-0.3, -0.25) is 4.68 Å². The van der Waals surface area contributed by atoms with Gasteiger partial charge >= 0.3 is 6.18 Å². The van der Waals surface area contributed by atoms with Gasteiger partial charge in [-0.15, -0.1) is 0 Å². The van der Waals surface area contributed by atoms with Crippen LogP contribution in [0.25, 0.3) is 0 Å². The number of rotatable bonds is 8. The van der Waals surface area contributed by atoms with Gasteiger partial charge in [-0.2, -0.15) is 18.3 Å². The summed E-state index contributed by atoms with van der Waals surface area (Å²) in [6.45, 7) is 0.399. The molecule has 1 aliphatic rings. The predicted octanol–water partition coefficient (Wildman–Crippen LogP) is 3.29. The lowest BCUT2D eigenvalue weighted by atomic mass is 10.2. The monoisotopic (exact) mass is 387 g/mol. The minimum Gasteiger partial charge on any atom is -0.269 e. The lowest BCUT2D eigenvalue weighted by molar-refractivity contribution is -0.141.